The molecular formula is C11H24O4S. The van der Waals surface area contributed by atoms with Gasteiger partial charge in [0.25, 0.3) is 10.1 Å². The molecule has 0 fully saturated rings. The lowest BCUT2D eigenvalue weighted by molar-refractivity contribution is 0.149. The van der Waals surface area contributed by atoms with Crippen molar-refractivity contribution in [3.05, 3.63) is 0 Å². The summed E-state index contributed by atoms with van der Waals surface area (Å²) in [4.78, 5) is 0. The van der Waals surface area contributed by atoms with E-state index in [0.717, 1.165) is 25.7 Å². The monoisotopic (exact) mass is 252 g/mol. The molecule has 98 valence electrons. The first-order valence-corrected chi connectivity index (χ1v) is 7.58. The standard InChI is InChI=1S/C11H24O4S/c1-3-5-6-7-8-9-10(12)11(4-2)16(13,14)15/h10-12H,3-9H2,1-2H3,(H,13,14,15). The second-order valence-electron chi connectivity index (χ2n) is 4.23. The van der Waals surface area contributed by atoms with Crippen LogP contribution in [0.15, 0.2) is 0 Å². The van der Waals surface area contributed by atoms with Crippen LogP contribution < -0.4 is 0 Å². The van der Waals surface area contributed by atoms with E-state index < -0.39 is 21.5 Å². The smallest absolute Gasteiger partial charge is 0.270 e. The summed E-state index contributed by atoms with van der Waals surface area (Å²) < 4.78 is 30.8. The predicted molar refractivity (Wildman–Crippen MR) is 65.0 cm³/mol. The summed E-state index contributed by atoms with van der Waals surface area (Å²) in [5.41, 5.74) is 0. The highest BCUT2D eigenvalue weighted by atomic mass is 32.2. The zero-order valence-electron chi connectivity index (χ0n) is 10.2. The summed E-state index contributed by atoms with van der Waals surface area (Å²) in [7, 11) is -4.11. The summed E-state index contributed by atoms with van der Waals surface area (Å²) >= 11 is 0. The molecule has 0 heterocycles. The fourth-order valence-electron chi connectivity index (χ4n) is 1.82. The molecule has 0 rings (SSSR count). The fourth-order valence-corrected chi connectivity index (χ4v) is 2.78. The molecule has 0 aliphatic rings. The van der Waals surface area contributed by atoms with Gasteiger partial charge in [-0.3, -0.25) is 4.55 Å². The van der Waals surface area contributed by atoms with Gasteiger partial charge >= 0.3 is 0 Å². The van der Waals surface area contributed by atoms with Crippen LogP contribution in [-0.4, -0.2) is 29.4 Å². The van der Waals surface area contributed by atoms with Crippen molar-refractivity contribution in [2.24, 2.45) is 0 Å². The van der Waals surface area contributed by atoms with Gasteiger partial charge in [-0.1, -0.05) is 46.0 Å². The average Bonchev–Trinajstić information content (AvgIpc) is 2.16. The van der Waals surface area contributed by atoms with E-state index in [1.165, 1.54) is 6.42 Å². The van der Waals surface area contributed by atoms with E-state index in [-0.39, 0.29) is 6.42 Å². The molecule has 16 heavy (non-hydrogen) atoms. The van der Waals surface area contributed by atoms with Crippen molar-refractivity contribution in [1.29, 1.82) is 0 Å². The van der Waals surface area contributed by atoms with Crippen molar-refractivity contribution < 1.29 is 18.1 Å². The summed E-state index contributed by atoms with van der Waals surface area (Å²) in [6.07, 6.45) is 5.02. The van der Waals surface area contributed by atoms with Crippen molar-refractivity contribution in [2.45, 2.75) is 70.1 Å². The molecule has 0 bridgehead atoms. The van der Waals surface area contributed by atoms with E-state index in [9.17, 15) is 13.5 Å². The molecule has 0 aromatic rings. The number of aliphatic hydroxyl groups excluding tert-OH is 1. The Hall–Kier alpha value is -0.130. The van der Waals surface area contributed by atoms with E-state index in [0.29, 0.717) is 6.42 Å². The van der Waals surface area contributed by atoms with E-state index in [2.05, 4.69) is 6.92 Å². The van der Waals surface area contributed by atoms with Gasteiger partial charge in [-0.15, -0.1) is 0 Å². The third-order valence-corrected chi connectivity index (χ3v) is 4.23. The molecule has 0 radical (unpaired) electrons. The van der Waals surface area contributed by atoms with E-state index in [1.54, 1.807) is 6.92 Å². The minimum atomic E-state index is -4.11. The van der Waals surface area contributed by atoms with Crippen LogP contribution in [0.2, 0.25) is 0 Å². The molecule has 0 aromatic heterocycles. The van der Waals surface area contributed by atoms with Crippen LogP contribution in [-0.2, 0) is 10.1 Å². The van der Waals surface area contributed by atoms with Gasteiger partial charge in [-0.05, 0) is 12.8 Å². The molecule has 0 saturated heterocycles. The van der Waals surface area contributed by atoms with E-state index in [4.69, 9.17) is 4.55 Å². The Morgan fingerprint density at radius 3 is 2.06 bits per heavy atom. The van der Waals surface area contributed by atoms with Gasteiger partial charge in [0.2, 0.25) is 0 Å². The molecular weight excluding hydrogens is 228 g/mol. The fraction of sp³-hybridized carbons (Fsp3) is 1.00. The number of hydrogen-bond acceptors (Lipinski definition) is 3. The molecule has 2 N–H and O–H groups in total. The Bertz CT molecular complexity index is 261. The zero-order chi connectivity index (χ0) is 12.6. The Kier molecular flexibility index (Phi) is 7.97. The largest absolute Gasteiger partial charge is 0.392 e. The van der Waals surface area contributed by atoms with Crippen molar-refractivity contribution in [3.63, 3.8) is 0 Å². The molecule has 0 saturated carbocycles. The zero-order valence-corrected chi connectivity index (χ0v) is 11.0. The first kappa shape index (κ1) is 15.9. The Labute approximate surface area is 98.8 Å². The average molecular weight is 252 g/mol. The van der Waals surface area contributed by atoms with E-state index in [1.807, 2.05) is 0 Å². The van der Waals surface area contributed by atoms with Crippen LogP contribution in [0.5, 0.6) is 0 Å². The summed E-state index contributed by atoms with van der Waals surface area (Å²) in [6, 6.07) is 0. The van der Waals surface area contributed by atoms with Crippen LogP contribution in [0.3, 0.4) is 0 Å². The van der Waals surface area contributed by atoms with Crippen molar-refractivity contribution in [3.8, 4) is 0 Å². The SMILES string of the molecule is CCCCCCCC(O)C(CC)S(=O)(=O)O. The molecule has 4 nitrogen and oxygen atoms in total. The lowest BCUT2D eigenvalue weighted by Gasteiger charge is -2.18. The minimum Gasteiger partial charge on any atom is -0.392 e. The summed E-state index contributed by atoms with van der Waals surface area (Å²) in [6.45, 7) is 3.78. The maximum absolute atomic E-state index is 10.9. The Morgan fingerprint density at radius 2 is 1.62 bits per heavy atom. The number of hydrogen-bond donors (Lipinski definition) is 2. The van der Waals surface area contributed by atoms with Gasteiger partial charge in [0.1, 0.15) is 5.25 Å². The highest BCUT2D eigenvalue weighted by Crippen LogP contribution is 2.16. The van der Waals surface area contributed by atoms with Gasteiger partial charge in [-0.25, -0.2) is 0 Å². The van der Waals surface area contributed by atoms with Gasteiger partial charge in [0, 0.05) is 0 Å². The molecule has 2 atom stereocenters. The van der Waals surface area contributed by atoms with Crippen molar-refractivity contribution >= 4 is 10.1 Å². The summed E-state index contributed by atoms with van der Waals surface area (Å²) in [5.74, 6) is 0. The molecule has 0 aromatic carbocycles. The van der Waals surface area contributed by atoms with Crippen molar-refractivity contribution in [2.75, 3.05) is 0 Å². The van der Waals surface area contributed by atoms with Crippen LogP contribution in [0, 0.1) is 0 Å². The second-order valence-corrected chi connectivity index (χ2v) is 5.87. The lowest BCUT2D eigenvalue weighted by Crippen LogP contribution is -2.33. The molecule has 5 heteroatoms. The Morgan fingerprint density at radius 1 is 1.06 bits per heavy atom. The quantitative estimate of drug-likeness (QED) is 0.488. The van der Waals surface area contributed by atoms with Gasteiger partial charge in [0.05, 0.1) is 6.10 Å². The number of aliphatic hydroxyl groups is 1. The summed E-state index contributed by atoms with van der Waals surface area (Å²) in [5, 5.41) is 8.63. The maximum atomic E-state index is 10.9. The highest BCUT2D eigenvalue weighted by molar-refractivity contribution is 7.86. The van der Waals surface area contributed by atoms with Crippen LogP contribution in [0.1, 0.15) is 58.8 Å². The molecule has 0 aliphatic carbocycles. The van der Waals surface area contributed by atoms with Gasteiger partial charge < -0.3 is 5.11 Å². The highest BCUT2D eigenvalue weighted by Gasteiger charge is 2.28. The topological polar surface area (TPSA) is 74.6 Å². The maximum Gasteiger partial charge on any atom is 0.270 e. The van der Waals surface area contributed by atoms with Crippen LogP contribution in [0.4, 0.5) is 0 Å². The van der Waals surface area contributed by atoms with Gasteiger partial charge in [-0.2, -0.15) is 8.42 Å². The first-order valence-electron chi connectivity index (χ1n) is 6.07. The van der Waals surface area contributed by atoms with Crippen LogP contribution >= 0.6 is 0 Å². The van der Waals surface area contributed by atoms with E-state index >= 15 is 0 Å². The molecule has 0 amide bonds. The number of unbranched alkanes of at least 4 members (excludes halogenated alkanes) is 4. The Balaban J connectivity index is 3.90. The lowest BCUT2D eigenvalue weighted by atomic mass is 10.0. The third-order valence-electron chi connectivity index (χ3n) is 2.82. The molecule has 0 spiro atoms. The minimum absolute atomic E-state index is 0.245. The number of rotatable bonds is 9. The van der Waals surface area contributed by atoms with Crippen molar-refractivity contribution in [1.82, 2.24) is 0 Å². The van der Waals surface area contributed by atoms with Crippen LogP contribution in [0.25, 0.3) is 0 Å². The molecule has 0 aliphatic heterocycles. The second kappa shape index (κ2) is 8.03. The van der Waals surface area contributed by atoms with Gasteiger partial charge in [0.15, 0.2) is 0 Å². The predicted octanol–water partition coefficient (Wildman–Crippen LogP) is 2.37. The normalized spacial score (nSPS) is 16.0. The first-order chi connectivity index (χ1) is 7.43. The third kappa shape index (κ3) is 6.45. The molecule has 2 unspecified atom stereocenters.